The molecule has 0 aromatic heterocycles. The average molecular weight is 479 g/mol. The first-order valence-corrected chi connectivity index (χ1v) is 12.3. The number of amides is 2. The Morgan fingerprint density at radius 2 is 1.85 bits per heavy atom. The van der Waals surface area contributed by atoms with E-state index in [-0.39, 0.29) is 29.3 Å². The van der Waals surface area contributed by atoms with Gasteiger partial charge in [-0.1, -0.05) is 25.5 Å². The monoisotopic (exact) mass is 478 g/mol. The van der Waals surface area contributed by atoms with Gasteiger partial charge in [0.1, 0.15) is 6.04 Å². The first-order chi connectivity index (χ1) is 15.7. The SMILES string of the molecule is CCC[C@@H](C(=O)NC(CCCN=C(N)N)C(=O)CSc1ccccc1NC)N(CC)C(C)=O. The molecule has 184 valence electrons. The lowest BCUT2D eigenvalue weighted by Crippen LogP contribution is -2.53. The maximum atomic E-state index is 13.1. The van der Waals surface area contributed by atoms with Gasteiger partial charge in [0.25, 0.3) is 0 Å². The minimum Gasteiger partial charge on any atom is -0.387 e. The smallest absolute Gasteiger partial charge is 0.243 e. The van der Waals surface area contributed by atoms with Crippen molar-refractivity contribution < 1.29 is 14.4 Å². The maximum Gasteiger partial charge on any atom is 0.243 e. The molecular weight excluding hydrogens is 440 g/mol. The number of carbonyl (C=O) groups is 3. The number of likely N-dealkylation sites (N-methyl/N-ethyl adjacent to an activating group) is 1. The van der Waals surface area contributed by atoms with Crippen molar-refractivity contribution in [1.29, 1.82) is 0 Å². The Hall–Kier alpha value is -2.75. The number of ketones is 1. The van der Waals surface area contributed by atoms with Gasteiger partial charge in [-0.2, -0.15) is 0 Å². The van der Waals surface area contributed by atoms with Crippen LogP contribution < -0.4 is 22.1 Å². The van der Waals surface area contributed by atoms with Gasteiger partial charge < -0.3 is 27.0 Å². The summed E-state index contributed by atoms with van der Waals surface area (Å²) >= 11 is 1.42. The van der Waals surface area contributed by atoms with Crippen LogP contribution in [-0.4, -0.2) is 66.4 Å². The molecule has 0 fully saturated rings. The van der Waals surface area contributed by atoms with Gasteiger partial charge in [-0.25, -0.2) is 0 Å². The van der Waals surface area contributed by atoms with Crippen LogP contribution in [0.2, 0.25) is 0 Å². The number of guanidine groups is 1. The molecule has 2 amide bonds. The molecule has 1 rings (SSSR count). The second kappa shape index (κ2) is 15.2. The zero-order valence-corrected chi connectivity index (χ0v) is 20.9. The van der Waals surface area contributed by atoms with Crippen LogP contribution >= 0.6 is 11.8 Å². The largest absolute Gasteiger partial charge is 0.387 e. The molecule has 1 aromatic rings. The van der Waals surface area contributed by atoms with Crippen LogP contribution in [0.1, 0.15) is 46.5 Å². The summed E-state index contributed by atoms with van der Waals surface area (Å²) in [4.78, 5) is 44.7. The number of anilines is 1. The lowest BCUT2D eigenvalue weighted by atomic mass is 10.0. The summed E-state index contributed by atoms with van der Waals surface area (Å²) in [6.07, 6.45) is 2.20. The Labute approximate surface area is 201 Å². The van der Waals surface area contributed by atoms with Gasteiger partial charge >= 0.3 is 0 Å². The fourth-order valence-electron chi connectivity index (χ4n) is 3.50. The standard InChI is InChI=1S/C23H38N6O3S/c1-5-10-19(29(6-2)16(3)30)22(32)28-17(12-9-14-27-23(24)25)20(31)15-33-21-13-8-7-11-18(21)26-4/h7-8,11,13,17,19,26H,5-6,9-10,12,14-15H2,1-4H3,(H,28,32)(H4,24,25,27)/t17?,19-/m0/s1. The minimum atomic E-state index is -0.689. The number of rotatable bonds is 15. The van der Waals surface area contributed by atoms with Crippen molar-refractivity contribution in [1.82, 2.24) is 10.2 Å². The molecule has 0 spiro atoms. The third-order valence-electron chi connectivity index (χ3n) is 5.16. The Morgan fingerprint density at radius 3 is 2.42 bits per heavy atom. The first-order valence-electron chi connectivity index (χ1n) is 11.3. The number of benzene rings is 1. The van der Waals surface area contributed by atoms with Gasteiger partial charge in [0.15, 0.2) is 11.7 Å². The fourth-order valence-corrected chi connectivity index (χ4v) is 4.50. The number of hydrogen-bond donors (Lipinski definition) is 4. The molecule has 0 aliphatic carbocycles. The molecule has 33 heavy (non-hydrogen) atoms. The Bertz CT molecular complexity index is 813. The maximum absolute atomic E-state index is 13.1. The molecule has 0 aliphatic heterocycles. The summed E-state index contributed by atoms with van der Waals surface area (Å²) in [6.45, 7) is 6.04. The van der Waals surface area contributed by atoms with E-state index in [9.17, 15) is 14.4 Å². The highest BCUT2D eigenvalue weighted by Crippen LogP contribution is 2.27. The van der Waals surface area contributed by atoms with E-state index in [1.54, 1.807) is 0 Å². The molecule has 0 radical (unpaired) electrons. The zero-order chi connectivity index (χ0) is 24.8. The van der Waals surface area contributed by atoms with Crippen molar-refractivity contribution in [3.05, 3.63) is 24.3 Å². The van der Waals surface area contributed by atoms with Crippen LogP contribution in [-0.2, 0) is 14.4 Å². The van der Waals surface area contributed by atoms with Gasteiger partial charge in [0.2, 0.25) is 11.8 Å². The minimum absolute atomic E-state index is 0.0100. The Kier molecular flexibility index (Phi) is 13.0. The summed E-state index contributed by atoms with van der Waals surface area (Å²) in [5.74, 6) is -0.376. The molecule has 0 heterocycles. The fraction of sp³-hybridized carbons (Fsp3) is 0.565. The number of thioether (sulfide) groups is 1. The first kappa shape index (κ1) is 28.3. The van der Waals surface area contributed by atoms with E-state index in [4.69, 9.17) is 11.5 Å². The highest BCUT2D eigenvalue weighted by atomic mass is 32.2. The van der Waals surface area contributed by atoms with E-state index in [0.29, 0.717) is 32.4 Å². The predicted octanol–water partition coefficient (Wildman–Crippen LogP) is 1.97. The summed E-state index contributed by atoms with van der Waals surface area (Å²) in [5.41, 5.74) is 11.7. The number of aliphatic imine (C=N–C) groups is 1. The number of nitrogens with two attached hydrogens (primary N) is 2. The normalized spacial score (nSPS) is 12.4. The van der Waals surface area contributed by atoms with Crippen LogP contribution in [0.4, 0.5) is 5.69 Å². The quantitative estimate of drug-likeness (QED) is 0.131. The van der Waals surface area contributed by atoms with E-state index >= 15 is 0 Å². The topological polar surface area (TPSA) is 143 Å². The van der Waals surface area contributed by atoms with Crippen LogP contribution in [0, 0.1) is 0 Å². The van der Waals surface area contributed by atoms with Crippen LogP contribution in [0.5, 0.6) is 0 Å². The molecule has 6 N–H and O–H groups in total. The van der Waals surface area contributed by atoms with Gasteiger partial charge in [-0.3, -0.25) is 19.4 Å². The Morgan fingerprint density at radius 1 is 1.15 bits per heavy atom. The number of carbonyl (C=O) groups excluding carboxylic acids is 3. The number of nitrogens with one attached hydrogen (secondary N) is 2. The van der Waals surface area contributed by atoms with Crippen molar-refractivity contribution in [3.8, 4) is 0 Å². The number of nitrogens with zero attached hydrogens (tertiary/aromatic N) is 2. The van der Waals surface area contributed by atoms with E-state index in [1.165, 1.54) is 23.6 Å². The van der Waals surface area contributed by atoms with Gasteiger partial charge in [0.05, 0.1) is 11.8 Å². The number of hydrogen-bond acceptors (Lipinski definition) is 6. The van der Waals surface area contributed by atoms with Crippen molar-refractivity contribution in [2.75, 3.05) is 31.2 Å². The van der Waals surface area contributed by atoms with Crippen LogP contribution in [0.25, 0.3) is 0 Å². The highest BCUT2D eigenvalue weighted by molar-refractivity contribution is 8.00. The second-order valence-electron chi connectivity index (χ2n) is 7.62. The van der Waals surface area contributed by atoms with E-state index in [0.717, 1.165) is 17.0 Å². The van der Waals surface area contributed by atoms with E-state index in [1.807, 2.05) is 45.2 Å². The third-order valence-corrected chi connectivity index (χ3v) is 6.26. The van der Waals surface area contributed by atoms with Crippen molar-refractivity contribution in [2.45, 2.75) is 63.4 Å². The second-order valence-corrected chi connectivity index (χ2v) is 8.64. The summed E-state index contributed by atoms with van der Waals surface area (Å²) < 4.78 is 0. The zero-order valence-electron chi connectivity index (χ0n) is 20.1. The summed E-state index contributed by atoms with van der Waals surface area (Å²) in [6, 6.07) is 6.43. The molecule has 0 bridgehead atoms. The van der Waals surface area contributed by atoms with Crippen molar-refractivity contribution in [3.63, 3.8) is 0 Å². The average Bonchev–Trinajstić information content (AvgIpc) is 2.78. The predicted molar refractivity (Wildman–Crippen MR) is 135 cm³/mol. The van der Waals surface area contributed by atoms with E-state index < -0.39 is 12.1 Å². The number of Topliss-reactive ketones (excluding diaryl/α,β-unsaturated/α-hetero) is 1. The van der Waals surface area contributed by atoms with Crippen molar-refractivity contribution in [2.24, 2.45) is 16.5 Å². The van der Waals surface area contributed by atoms with Gasteiger partial charge in [-0.15, -0.1) is 11.8 Å². The molecule has 1 aromatic carbocycles. The van der Waals surface area contributed by atoms with Crippen molar-refractivity contribution >= 4 is 41.0 Å². The van der Waals surface area contributed by atoms with Gasteiger partial charge in [-0.05, 0) is 38.3 Å². The summed E-state index contributed by atoms with van der Waals surface area (Å²) in [7, 11) is 1.83. The lowest BCUT2D eigenvalue weighted by molar-refractivity contribution is -0.140. The van der Waals surface area contributed by atoms with Crippen LogP contribution in [0.3, 0.4) is 0 Å². The molecule has 0 aliphatic rings. The molecule has 2 atom stereocenters. The third kappa shape index (κ3) is 9.73. The van der Waals surface area contributed by atoms with Gasteiger partial charge in [0, 0.05) is 37.6 Å². The highest BCUT2D eigenvalue weighted by Gasteiger charge is 2.29. The molecule has 10 heteroatoms. The lowest BCUT2D eigenvalue weighted by Gasteiger charge is -2.30. The molecular formula is C23H38N6O3S. The Balaban J connectivity index is 2.96. The van der Waals surface area contributed by atoms with E-state index in [2.05, 4.69) is 15.6 Å². The number of para-hydroxylation sites is 1. The molecule has 1 unspecified atom stereocenters. The van der Waals surface area contributed by atoms with Crippen LogP contribution in [0.15, 0.2) is 34.2 Å². The summed E-state index contributed by atoms with van der Waals surface area (Å²) in [5, 5.41) is 6.02. The molecule has 9 nitrogen and oxygen atoms in total. The molecule has 0 saturated heterocycles. The molecule has 0 saturated carbocycles.